The Labute approximate surface area is 130 Å². The minimum atomic E-state index is -0.360. The van der Waals surface area contributed by atoms with Crippen LogP contribution in [-0.2, 0) is 5.75 Å². The van der Waals surface area contributed by atoms with Crippen molar-refractivity contribution < 1.29 is 4.79 Å². The first-order chi connectivity index (χ1) is 9.60. The number of rotatable bonds is 4. The Morgan fingerprint density at radius 3 is 2.65 bits per heavy atom. The average Bonchev–Trinajstić information content (AvgIpc) is 2.48. The number of thioether (sulfide) groups is 1. The maximum absolute atomic E-state index is 11.3. The molecule has 0 aliphatic rings. The van der Waals surface area contributed by atoms with Crippen molar-refractivity contribution in [3.05, 3.63) is 57.8 Å². The van der Waals surface area contributed by atoms with E-state index in [0.29, 0.717) is 21.4 Å². The van der Waals surface area contributed by atoms with Crippen molar-refractivity contribution in [2.24, 2.45) is 5.84 Å². The molecule has 0 saturated heterocycles. The zero-order valence-electron chi connectivity index (χ0n) is 10.3. The maximum Gasteiger partial charge on any atom is 0.266 e. The molecule has 3 N–H and O–H groups in total. The molecule has 4 nitrogen and oxygen atoms in total. The maximum atomic E-state index is 11.3. The summed E-state index contributed by atoms with van der Waals surface area (Å²) in [5, 5.41) is 1.06. The van der Waals surface area contributed by atoms with Gasteiger partial charge in [-0.05, 0) is 30.3 Å². The van der Waals surface area contributed by atoms with Crippen molar-refractivity contribution in [2.45, 2.75) is 10.6 Å². The largest absolute Gasteiger partial charge is 0.290 e. The number of pyridine rings is 1. The van der Waals surface area contributed by atoms with Crippen LogP contribution >= 0.6 is 35.0 Å². The molecule has 20 heavy (non-hydrogen) atoms. The third-order valence-electron chi connectivity index (χ3n) is 2.50. The predicted octanol–water partition coefficient (Wildman–Crippen LogP) is 3.28. The van der Waals surface area contributed by atoms with Gasteiger partial charge in [-0.3, -0.25) is 15.2 Å². The minimum absolute atomic E-state index is 0.360. The van der Waals surface area contributed by atoms with Gasteiger partial charge >= 0.3 is 0 Å². The monoisotopic (exact) mass is 327 g/mol. The SMILES string of the molecule is NNC(=O)c1ccc(CSc2ccc(Cl)c(Cl)c2)nc1. The summed E-state index contributed by atoms with van der Waals surface area (Å²) in [4.78, 5) is 16.5. The summed E-state index contributed by atoms with van der Waals surface area (Å²) >= 11 is 13.4. The molecular weight excluding hydrogens is 317 g/mol. The van der Waals surface area contributed by atoms with Crippen LogP contribution in [-0.4, -0.2) is 10.9 Å². The molecule has 1 aromatic heterocycles. The lowest BCUT2D eigenvalue weighted by atomic mass is 10.2. The van der Waals surface area contributed by atoms with E-state index < -0.39 is 0 Å². The molecular formula is C13H11Cl2N3OS. The second-order valence-corrected chi connectivity index (χ2v) is 5.74. The van der Waals surface area contributed by atoms with Crippen molar-refractivity contribution in [1.82, 2.24) is 10.4 Å². The second-order valence-electron chi connectivity index (χ2n) is 3.88. The van der Waals surface area contributed by atoms with E-state index in [1.165, 1.54) is 6.20 Å². The molecule has 1 heterocycles. The van der Waals surface area contributed by atoms with Gasteiger partial charge in [0.15, 0.2) is 0 Å². The van der Waals surface area contributed by atoms with E-state index in [9.17, 15) is 4.79 Å². The summed E-state index contributed by atoms with van der Waals surface area (Å²) in [5.74, 6) is 5.36. The van der Waals surface area contributed by atoms with Gasteiger partial charge in [0.05, 0.1) is 21.3 Å². The number of carbonyl (C=O) groups excluding carboxylic acids is 1. The standard InChI is InChI=1S/C13H11Cl2N3OS/c14-11-4-3-10(5-12(11)15)20-7-9-2-1-8(6-17-9)13(19)18-16/h1-6H,7,16H2,(H,18,19). The predicted molar refractivity (Wildman–Crippen MR) is 81.9 cm³/mol. The van der Waals surface area contributed by atoms with Crippen molar-refractivity contribution in [2.75, 3.05) is 0 Å². The normalized spacial score (nSPS) is 10.3. The Hall–Kier alpha value is -1.27. The Morgan fingerprint density at radius 2 is 2.05 bits per heavy atom. The number of carbonyl (C=O) groups is 1. The van der Waals surface area contributed by atoms with E-state index in [1.807, 2.05) is 12.1 Å². The van der Waals surface area contributed by atoms with E-state index in [2.05, 4.69) is 10.4 Å². The molecule has 2 aromatic rings. The molecule has 1 amide bonds. The molecule has 1 aromatic carbocycles. The minimum Gasteiger partial charge on any atom is -0.290 e. The van der Waals surface area contributed by atoms with Gasteiger partial charge in [-0.2, -0.15) is 0 Å². The van der Waals surface area contributed by atoms with Gasteiger partial charge in [-0.15, -0.1) is 11.8 Å². The summed E-state index contributed by atoms with van der Waals surface area (Å²) in [5.41, 5.74) is 3.34. The van der Waals surface area contributed by atoms with Crippen LogP contribution in [0.4, 0.5) is 0 Å². The number of benzene rings is 1. The zero-order valence-corrected chi connectivity index (χ0v) is 12.6. The highest BCUT2D eigenvalue weighted by atomic mass is 35.5. The molecule has 2 rings (SSSR count). The van der Waals surface area contributed by atoms with E-state index >= 15 is 0 Å². The fourth-order valence-electron chi connectivity index (χ4n) is 1.45. The number of amides is 1. The van der Waals surface area contributed by atoms with Crippen molar-refractivity contribution >= 4 is 40.9 Å². The molecule has 0 fully saturated rings. The van der Waals surface area contributed by atoms with Crippen LogP contribution in [0.5, 0.6) is 0 Å². The molecule has 0 spiro atoms. The third-order valence-corrected chi connectivity index (χ3v) is 4.26. The van der Waals surface area contributed by atoms with Crippen molar-refractivity contribution in [3.63, 3.8) is 0 Å². The Balaban J connectivity index is 2.00. The molecule has 0 aliphatic heterocycles. The Morgan fingerprint density at radius 1 is 1.25 bits per heavy atom. The molecule has 0 aliphatic carbocycles. The van der Waals surface area contributed by atoms with Gasteiger partial charge < -0.3 is 0 Å². The van der Waals surface area contributed by atoms with Gasteiger partial charge in [-0.25, -0.2) is 5.84 Å². The molecule has 0 bridgehead atoms. The van der Waals surface area contributed by atoms with E-state index in [0.717, 1.165) is 10.6 Å². The molecule has 104 valence electrons. The van der Waals surface area contributed by atoms with Gasteiger partial charge in [-0.1, -0.05) is 23.2 Å². The van der Waals surface area contributed by atoms with Gasteiger partial charge in [0, 0.05) is 16.8 Å². The van der Waals surface area contributed by atoms with Crippen LogP contribution in [0.25, 0.3) is 0 Å². The number of nitrogens with two attached hydrogens (primary N) is 1. The zero-order chi connectivity index (χ0) is 14.5. The Bertz CT molecular complexity index is 620. The Kier molecular flexibility index (Phi) is 5.25. The van der Waals surface area contributed by atoms with Crippen LogP contribution in [0, 0.1) is 0 Å². The number of hydrazine groups is 1. The summed E-state index contributed by atoms with van der Waals surface area (Å²) < 4.78 is 0. The number of nitrogen functional groups attached to an aromatic ring is 1. The first-order valence-electron chi connectivity index (χ1n) is 5.64. The molecule has 0 atom stereocenters. The highest BCUT2D eigenvalue weighted by Crippen LogP contribution is 2.29. The lowest BCUT2D eigenvalue weighted by molar-refractivity contribution is 0.0953. The summed E-state index contributed by atoms with van der Waals surface area (Å²) in [7, 11) is 0. The van der Waals surface area contributed by atoms with Crippen molar-refractivity contribution in [3.8, 4) is 0 Å². The van der Waals surface area contributed by atoms with E-state index in [1.54, 1.807) is 30.0 Å². The number of halogens is 2. The topological polar surface area (TPSA) is 68.0 Å². The van der Waals surface area contributed by atoms with Crippen LogP contribution in [0.3, 0.4) is 0 Å². The number of nitrogens with zero attached hydrogens (tertiary/aromatic N) is 1. The van der Waals surface area contributed by atoms with E-state index in [4.69, 9.17) is 29.0 Å². The van der Waals surface area contributed by atoms with Gasteiger partial charge in [0.25, 0.3) is 5.91 Å². The van der Waals surface area contributed by atoms with Crippen LogP contribution < -0.4 is 11.3 Å². The molecule has 7 heteroatoms. The average molecular weight is 328 g/mol. The lowest BCUT2D eigenvalue weighted by Crippen LogP contribution is -2.30. The van der Waals surface area contributed by atoms with Crippen LogP contribution in [0.15, 0.2) is 41.4 Å². The number of nitrogens with one attached hydrogen (secondary N) is 1. The first-order valence-corrected chi connectivity index (χ1v) is 7.38. The van der Waals surface area contributed by atoms with Gasteiger partial charge in [0.1, 0.15) is 0 Å². The molecule has 0 saturated carbocycles. The number of hydrogen-bond donors (Lipinski definition) is 2. The summed E-state index contributed by atoms with van der Waals surface area (Å²) in [6, 6.07) is 8.93. The summed E-state index contributed by atoms with van der Waals surface area (Å²) in [6.07, 6.45) is 1.49. The fraction of sp³-hybridized carbons (Fsp3) is 0.0769. The van der Waals surface area contributed by atoms with Crippen LogP contribution in [0.2, 0.25) is 10.0 Å². The quantitative estimate of drug-likeness (QED) is 0.391. The lowest BCUT2D eigenvalue weighted by Gasteiger charge is -2.04. The first kappa shape index (κ1) is 15.1. The fourth-order valence-corrected chi connectivity index (χ4v) is 2.66. The number of aromatic nitrogens is 1. The number of hydrogen-bond acceptors (Lipinski definition) is 4. The highest BCUT2D eigenvalue weighted by molar-refractivity contribution is 7.98. The van der Waals surface area contributed by atoms with Gasteiger partial charge in [0.2, 0.25) is 0 Å². The van der Waals surface area contributed by atoms with Crippen molar-refractivity contribution in [1.29, 1.82) is 0 Å². The molecule has 0 radical (unpaired) electrons. The third kappa shape index (κ3) is 3.86. The van der Waals surface area contributed by atoms with Crippen LogP contribution in [0.1, 0.15) is 16.1 Å². The summed E-state index contributed by atoms with van der Waals surface area (Å²) in [6.45, 7) is 0. The highest BCUT2D eigenvalue weighted by Gasteiger charge is 2.05. The van der Waals surface area contributed by atoms with E-state index in [-0.39, 0.29) is 5.91 Å². The second kappa shape index (κ2) is 6.95. The molecule has 0 unspecified atom stereocenters. The smallest absolute Gasteiger partial charge is 0.266 e.